The molecule has 1 atom stereocenters. The van der Waals surface area contributed by atoms with Crippen molar-refractivity contribution in [2.75, 3.05) is 6.61 Å². The number of aromatic nitrogens is 2. The largest absolute Gasteiger partial charge is 0.494 e. The summed E-state index contributed by atoms with van der Waals surface area (Å²) in [5.74, 6) is 1.22. The molecule has 0 bridgehead atoms. The molecule has 6 heteroatoms. The van der Waals surface area contributed by atoms with Crippen LogP contribution in [-0.4, -0.2) is 27.8 Å². The van der Waals surface area contributed by atoms with Gasteiger partial charge in [0.2, 0.25) is 5.89 Å². The minimum absolute atomic E-state index is 0.00831. The van der Waals surface area contributed by atoms with Crippen LogP contribution in [0.2, 0.25) is 0 Å². The molecule has 3 aromatic rings. The fourth-order valence-corrected chi connectivity index (χ4v) is 3.33. The number of rotatable bonds is 7. The maximum Gasteiger partial charge on any atom is 0.277 e. The lowest BCUT2D eigenvalue weighted by atomic mass is 10.1. The molecule has 1 aromatic heterocycles. The Balaban J connectivity index is 1.68. The Morgan fingerprint density at radius 2 is 1.85 bits per heavy atom. The maximum atomic E-state index is 12.6. The van der Waals surface area contributed by atoms with Crippen LogP contribution in [0.5, 0.6) is 5.75 Å². The summed E-state index contributed by atoms with van der Waals surface area (Å²) in [6.07, 6.45) is 0. The molecule has 0 fully saturated rings. The van der Waals surface area contributed by atoms with Gasteiger partial charge in [-0.15, -0.1) is 10.2 Å². The Hall–Kier alpha value is -2.60. The van der Waals surface area contributed by atoms with Crippen LogP contribution >= 0.6 is 11.8 Å². The van der Waals surface area contributed by atoms with Crippen molar-refractivity contribution in [3.05, 3.63) is 59.2 Å². The van der Waals surface area contributed by atoms with Gasteiger partial charge in [0.05, 0.1) is 11.9 Å². The number of carbonyl (C=O) groups is 1. The van der Waals surface area contributed by atoms with E-state index in [2.05, 4.69) is 17.1 Å². The number of carbonyl (C=O) groups excluding carboxylic acids is 1. The third kappa shape index (κ3) is 4.57. The van der Waals surface area contributed by atoms with E-state index in [1.54, 1.807) is 24.3 Å². The van der Waals surface area contributed by atoms with Gasteiger partial charge in [-0.3, -0.25) is 4.79 Å². The minimum atomic E-state index is -0.337. The summed E-state index contributed by atoms with van der Waals surface area (Å²) in [5.41, 5.74) is 3.89. The second-order valence-electron chi connectivity index (χ2n) is 6.25. The number of benzene rings is 2. The first-order valence-electron chi connectivity index (χ1n) is 8.82. The van der Waals surface area contributed by atoms with E-state index in [1.165, 1.54) is 22.9 Å². The van der Waals surface area contributed by atoms with Gasteiger partial charge in [0.25, 0.3) is 5.22 Å². The van der Waals surface area contributed by atoms with Gasteiger partial charge in [0, 0.05) is 11.1 Å². The van der Waals surface area contributed by atoms with Crippen LogP contribution in [0, 0.1) is 13.8 Å². The summed E-state index contributed by atoms with van der Waals surface area (Å²) in [7, 11) is 0. The first kappa shape index (κ1) is 19.2. The lowest BCUT2D eigenvalue weighted by Gasteiger charge is -2.08. The standard InChI is InChI=1S/C21H22N2O3S/c1-5-25-18-10-8-16(9-11-18)19(24)15(4)27-21-23-22-20(26-21)17-7-6-13(2)14(3)12-17/h6-12,15H,5H2,1-4H3/t15-/m0/s1. The molecule has 2 aromatic carbocycles. The van der Waals surface area contributed by atoms with Gasteiger partial charge in [0.1, 0.15) is 5.75 Å². The average molecular weight is 382 g/mol. The van der Waals surface area contributed by atoms with E-state index in [9.17, 15) is 4.79 Å². The van der Waals surface area contributed by atoms with Crippen LogP contribution in [0.25, 0.3) is 11.5 Å². The fourth-order valence-electron chi connectivity index (χ4n) is 2.57. The normalized spacial score (nSPS) is 12.0. The van der Waals surface area contributed by atoms with Crippen molar-refractivity contribution < 1.29 is 13.9 Å². The predicted octanol–water partition coefficient (Wildman–Crippen LogP) is 5.12. The van der Waals surface area contributed by atoms with Crippen LogP contribution in [0.3, 0.4) is 0 Å². The molecule has 0 amide bonds. The summed E-state index contributed by atoms with van der Waals surface area (Å²) in [6, 6.07) is 13.2. The number of thioether (sulfide) groups is 1. The van der Waals surface area contributed by atoms with Crippen LogP contribution < -0.4 is 4.74 Å². The van der Waals surface area contributed by atoms with Crippen LogP contribution in [0.15, 0.2) is 52.1 Å². The lowest BCUT2D eigenvalue weighted by Crippen LogP contribution is -2.13. The Bertz CT molecular complexity index is 935. The zero-order valence-electron chi connectivity index (χ0n) is 15.9. The van der Waals surface area contributed by atoms with Crippen molar-refractivity contribution in [2.24, 2.45) is 0 Å². The molecule has 0 N–H and O–H groups in total. The maximum absolute atomic E-state index is 12.6. The monoisotopic (exact) mass is 382 g/mol. The molecule has 0 spiro atoms. The highest BCUT2D eigenvalue weighted by Gasteiger charge is 2.20. The summed E-state index contributed by atoms with van der Waals surface area (Å²) in [5, 5.41) is 8.23. The number of hydrogen-bond donors (Lipinski definition) is 0. The first-order valence-corrected chi connectivity index (χ1v) is 9.70. The van der Waals surface area contributed by atoms with Crippen molar-refractivity contribution in [1.82, 2.24) is 10.2 Å². The Kier molecular flexibility index (Phi) is 5.96. The predicted molar refractivity (Wildman–Crippen MR) is 106 cm³/mol. The van der Waals surface area contributed by atoms with Crippen LogP contribution in [0.4, 0.5) is 0 Å². The van der Waals surface area contributed by atoms with Gasteiger partial charge in [-0.05, 0) is 75.2 Å². The molecule has 0 aliphatic rings. The van der Waals surface area contributed by atoms with E-state index < -0.39 is 0 Å². The van der Waals surface area contributed by atoms with Crippen molar-refractivity contribution in [2.45, 2.75) is 38.2 Å². The number of hydrogen-bond acceptors (Lipinski definition) is 6. The Morgan fingerprint density at radius 1 is 1.11 bits per heavy atom. The van der Waals surface area contributed by atoms with E-state index in [0.717, 1.165) is 11.3 Å². The van der Waals surface area contributed by atoms with Crippen LogP contribution in [0.1, 0.15) is 35.3 Å². The quantitative estimate of drug-likeness (QED) is 0.418. The Morgan fingerprint density at radius 3 is 2.52 bits per heavy atom. The fraction of sp³-hybridized carbons (Fsp3) is 0.286. The summed E-state index contributed by atoms with van der Waals surface area (Å²) in [6.45, 7) is 8.46. The molecule has 1 heterocycles. The minimum Gasteiger partial charge on any atom is -0.494 e. The summed E-state index contributed by atoms with van der Waals surface area (Å²) < 4.78 is 11.1. The van der Waals surface area contributed by atoms with Crippen LogP contribution in [-0.2, 0) is 0 Å². The molecular weight excluding hydrogens is 360 g/mol. The van der Waals surface area contributed by atoms with E-state index in [-0.39, 0.29) is 11.0 Å². The molecule has 0 saturated carbocycles. The summed E-state index contributed by atoms with van der Waals surface area (Å²) >= 11 is 1.26. The zero-order chi connectivity index (χ0) is 19.4. The SMILES string of the molecule is CCOc1ccc(C(=O)[C@H](C)Sc2nnc(-c3ccc(C)c(C)c3)o2)cc1. The molecule has 27 heavy (non-hydrogen) atoms. The number of ether oxygens (including phenoxy) is 1. The molecular formula is C21H22N2O3S. The summed E-state index contributed by atoms with van der Waals surface area (Å²) in [4.78, 5) is 12.6. The smallest absolute Gasteiger partial charge is 0.277 e. The molecule has 0 radical (unpaired) electrons. The second-order valence-corrected chi connectivity index (χ2v) is 7.55. The van der Waals surface area contributed by atoms with Gasteiger partial charge in [0.15, 0.2) is 5.78 Å². The van der Waals surface area contributed by atoms with Crippen molar-refractivity contribution >= 4 is 17.5 Å². The molecule has 140 valence electrons. The molecule has 0 aliphatic heterocycles. The molecule has 0 unspecified atom stereocenters. The highest BCUT2D eigenvalue weighted by Crippen LogP contribution is 2.28. The third-order valence-corrected chi connectivity index (χ3v) is 5.19. The number of aryl methyl sites for hydroxylation is 2. The number of Topliss-reactive ketones (excluding diaryl/α,β-unsaturated/α-hetero) is 1. The average Bonchev–Trinajstić information content (AvgIpc) is 3.12. The van der Waals surface area contributed by atoms with Crippen molar-refractivity contribution in [3.63, 3.8) is 0 Å². The lowest BCUT2D eigenvalue weighted by molar-refractivity contribution is 0.0993. The molecule has 0 saturated heterocycles. The van der Waals surface area contributed by atoms with Crippen molar-refractivity contribution in [3.8, 4) is 17.2 Å². The van der Waals surface area contributed by atoms with Gasteiger partial charge >= 0.3 is 0 Å². The highest BCUT2D eigenvalue weighted by molar-refractivity contribution is 8.00. The van der Waals surface area contributed by atoms with E-state index in [1.807, 2.05) is 39.0 Å². The first-order chi connectivity index (χ1) is 13.0. The van der Waals surface area contributed by atoms with Gasteiger partial charge in [-0.2, -0.15) is 0 Å². The van der Waals surface area contributed by atoms with Gasteiger partial charge in [-0.1, -0.05) is 17.8 Å². The topological polar surface area (TPSA) is 65.2 Å². The van der Waals surface area contributed by atoms with Crippen molar-refractivity contribution in [1.29, 1.82) is 0 Å². The van der Waals surface area contributed by atoms with E-state index >= 15 is 0 Å². The third-order valence-electron chi connectivity index (χ3n) is 4.26. The molecule has 5 nitrogen and oxygen atoms in total. The zero-order valence-corrected chi connectivity index (χ0v) is 16.7. The van der Waals surface area contributed by atoms with Gasteiger partial charge in [-0.25, -0.2) is 0 Å². The van der Waals surface area contributed by atoms with E-state index in [4.69, 9.17) is 9.15 Å². The second kappa shape index (κ2) is 8.39. The number of nitrogens with zero attached hydrogens (tertiary/aromatic N) is 2. The van der Waals surface area contributed by atoms with Gasteiger partial charge < -0.3 is 9.15 Å². The Labute approximate surface area is 163 Å². The highest BCUT2D eigenvalue weighted by atomic mass is 32.2. The van der Waals surface area contributed by atoms with E-state index in [0.29, 0.717) is 23.3 Å². The number of ketones is 1. The molecule has 3 rings (SSSR count). The molecule has 0 aliphatic carbocycles.